The second kappa shape index (κ2) is 6.78. The summed E-state index contributed by atoms with van der Waals surface area (Å²) in [5.74, 6) is 0.0778. The maximum atomic E-state index is 14.1. The molecule has 2 heterocycles. The molecular weight excluding hydrogens is 374 g/mol. The van der Waals surface area contributed by atoms with Crippen molar-refractivity contribution in [1.29, 1.82) is 0 Å². The quantitative estimate of drug-likeness (QED) is 0.559. The van der Waals surface area contributed by atoms with Crippen LogP contribution in [0, 0.1) is 11.3 Å². The van der Waals surface area contributed by atoms with Crippen LogP contribution in [0.2, 0.25) is 0 Å². The van der Waals surface area contributed by atoms with Gasteiger partial charge in [-0.05, 0) is 45.1 Å². The van der Waals surface area contributed by atoms with Crippen molar-refractivity contribution in [3.63, 3.8) is 0 Å². The van der Waals surface area contributed by atoms with Gasteiger partial charge in [0.2, 0.25) is 0 Å². The van der Waals surface area contributed by atoms with Crippen molar-refractivity contribution in [3.05, 3.63) is 71.8 Å². The van der Waals surface area contributed by atoms with Crippen LogP contribution in [0.1, 0.15) is 55.5 Å². The number of esters is 1. The van der Waals surface area contributed by atoms with Crippen molar-refractivity contribution in [2.24, 2.45) is 11.3 Å². The summed E-state index contributed by atoms with van der Waals surface area (Å²) >= 11 is 0. The van der Waals surface area contributed by atoms with E-state index in [0.717, 1.165) is 30.5 Å². The summed E-state index contributed by atoms with van der Waals surface area (Å²) in [6.45, 7) is 6.52. The van der Waals surface area contributed by atoms with Crippen molar-refractivity contribution < 1.29 is 14.3 Å². The third-order valence-corrected chi connectivity index (χ3v) is 7.27. The van der Waals surface area contributed by atoms with Crippen LogP contribution in [0.25, 0.3) is 0 Å². The van der Waals surface area contributed by atoms with Gasteiger partial charge in [0.15, 0.2) is 5.78 Å². The number of ketones is 1. The van der Waals surface area contributed by atoms with Gasteiger partial charge in [-0.2, -0.15) is 0 Å². The van der Waals surface area contributed by atoms with Crippen molar-refractivity contribution in [2.75, 3.05) is 6.54 Å². The van der Waals surface area contributed by atoms with Gasteiger partial charge in [0.05, 0.1) is 5.41 Å². The van der Waals surface area contributed by atoms with Crippen LogP contribution in [0.5, 0.6) is 0 Å². The number of hydrogen-bond acceptors (Lipinski definition) is 4. The summed E-state index contributed by atoms with van der Waals surface area (Å²) in [7, 11) is 0. The maximum absolute atomic E-state index is 14.1. The Bertz CT molecular complexity index is 965. The average molecular weight is 404 g/mol. The lowest BCUT2D eigenvalue weighted by Gasteiger charge is -2.42. The third kappa shape index (κ3) is 2.70. The molecule has 2 aromatic carbocycles. The molecule has 4 bridgehead atoms. The number of ether oxygens (including phenoxy) is 1. The number of rotatable bonds is 4. The highest BCUT2D eigenvalue weighted by Crippen LogP contribution is 2.67. The van der Waals surface area contributed by atoms with Gasteiger partial charge < -0.3 is 4.74 Å². The van der Waals surface area contributed by atoms with E-state index in [1.54, 1.807) is 0 Å². The van der Waals surface area contributed by atoms with Crippen LogP contribution in [0.4, 0.5) is 0 Å². The minimum Gasteiger partial charge on any atom is -0.459 e. The van der Waals surface area contributed by atoms with E-state index in [4.69, 9.17) is 4.74 Å². The summed E-state index contributed by atoms with van der Waals surface area (Å²) in [5.41, 5.74) is 0.694. The molecule has 30 heavy (non-hydrogen) atoms. The zero-order valence-electron chi connectivity index (χ0n) is 17.9. The van der Waals surface area contributed by atoms with E-state index in [-0.39, 0.29) is 29.6 Å². The summed E-state index contributed by atoms with van der Waals surface area (Å²) in [6.07, 6.45) is 2.01. The molecule has 0 aromatic heterocycles. The van der Waals surface area contributed by atoms with Gasteiger partial charge in [-0.1, -0.05) is 60.7 Å². The van der Waals surface area contributed by atoms with Gasteiger partial charge in [-0.15, -0.1) is 0 Å². The molecule has 6 atom stereocenters. The summed E-state index contributed by atoms with van der Waals surface area (Å²) in [4.78, 5) is 29.9. The number of carbonyl (C=O) groups is 2. The molecule has 2 aliphatic heterocycles. The van der Waals surface area contributed by atoms with E-state index < -0.39 is 17.1 Å². The Morgan fingerprint density at radius 2 is 1.60 bits per heavy atom. The number of piperidine rings is 2. The Morgan fingerprint density at radius 3 is 2.23 bits per heavy atom. The van der Waals surface area contributed by atoms with Gasteiger partial charge in [0.1, 0.15) is 11.6 Å². The predicted octanol–water partition coefficient (Wildman–Crippen LogP) is 4.46. The first-order valence-electron chi connectivity index (χ1n) is 11.0. The molecular formula is C26H29NO3. The molecule has 1 aliphatic carbocycles. The van der Waals surface area contributed by atoms with Crippen molar-refractivity contribution >= 4 is 11.8 Å². The van der Waals surface area contributed by atoms with Crippen LogP contribution < -0.4 is 0 Å². The van der Waals surface area contributed by atoms with Crippen LogP contribution in [-0.2, 0) is 9.53 Å². The lowest BCUT2D eigenvalue weighted by molar-refractivity contribution is -0.162. The molecule has 1 saturated carbocycles. The van der Waals surface area contributed by atoms with Crippen LogP contribution in [0.3, 0.4) is 0 Å². The SMILES string of the molecule is CC(C)(C)OC(=O)C1C(c2ccccc2)C2(C(=O)c3ccccc3)C3CCC2N1C3. The first-order chi connectivity index (χ1) is 14.3. The average Bonchev–Trinajstić information content (AvgIpc) is 3.35. The van der Waals surface area contributed by atoms with Crippen LogP contribution >= 0.6 is 0 Å². The van der Waals surface area contributed by atoms with E-state index in [0.29, 0.717) is 0 Å². The molecule has 4 nitrogen and oxygen atoms in total. The van der Waals surface area contributed by atoms with E-state index in [2.05, 4.69) is 17.0 Å². The van der Waals surface area contributed by atoms with Gasteiger partial charge >= 0.3 is 5.97 Å². The zero-order chi connectivity index (χ0) is 21.1. The van der Waals surface area contributed by atoms with Gasteiger partial charge in [0, 0.05) is 24.1 Å². The zero-order valence-corrected chi connectivity index (χ0v) is 17.9. The molecule has 156 valence electrons. The maximum Gasteiger partial charge on any atom is 0.324 e. The Balaban J connectivity index is 1.66. The van der Waals surface area contributed by atoms with Gasteiger partial charge in [0.25, 0.3) is 0 Å². The van der Waals surface area contributed by atoms with E-state index in [9.17, 15) is 9.59 Å². The number of Topliss-reactive ketones (excluding diaryl/α,β-unsaturated/α-hetero) is 1. The standard InChI is InChI=1S/C26H29NO3/c1-25(2,3)30-24(29)22-21(17-10-6-4-7-11-17)26(19-14-15-20(26)27(22)16-19)23(28)18-12-8-5-9-13-18/h4-13,19-22H,14-16H2,1-3H3. The highest BCUT2D eigenvalue weighted by atomic mass is 16.6. The summed E-state index contributed by atoms with van der Waals surface area (Å²) in [5, 5.41) is 0. The fraction of sp³-hybridized carbons (Fsp3) is 0.462. The number of nitrogens with zero attached hydrogens (tertiary/aromatic N) is 1. The first-order valence-corrected chi connectivity index (χ1v) is 11.0. The monoisotopic (exact) mass is 403 g/mol. The minimum absolute atomic E-state index is 0.0953. The first kappa shape index (κ1) is 19.5. The fourth-order valence-corrected chi connectivity index (χ4v) is 6.46. The Labute approximate surface area is 178 Å². The number of carbonyl (C=O) groups excluding carboxylic acids is 2. The third-order valence-electron chi connectivity index (χ3n) is 7.27. The Kier molecular flexibility index (Phi) is 4.41. The van der Waals surface area contributed by atoms with Crippen LogP contribution in [-0.4, -0.2) is 40.9 Å². The highest BCUT2D eigenvalue weighted by molar-refractivity contribution is 6.04. The van der Waals surface area contributed by atoms with Crippen molar-refractivity contribution in [1.82, 2.24) is 4.90 Å². The molecule has 0 radical (unpaired) electrons. The molecule has 0 amide bonds. The number of benzene rings is 2. The largest absolute Gasteiger partial charge is 0.459 e. The Morgan fingerprint density at radius 1 is 0.967 bits per heavy atom. The van der Waals surface area contributed by atoms with E-state index >= 15 is 0 Å². The smallest absolute Gasteiger partial charge is 0.324 e. The van der Waals surface area contributed by atoms with Crippen molar-refractivity contribution in [3.8, 4) is 0 Å². The molecule has 3 aliphatic rings. The van der Waals surface area contributed by atoms with Gasteiger partial charge in [-0.3, -0.25) is 14.5 Å². The normalized spacial score (nSPS) is 34.2. The topological polar surface area (TPSA) is 46.6 Å². The highest BCUT2D eigenvalue weighted by Gasteiger charge is 2.75. The molecule has 2 saturated heterocycles. The molecule has 0 spiro atoms. The molecule has 6 unspecified atom stereocenters. The van der Waals surface area contributed by atoms with Gasteiger partial charge in [-0.25, -0.2) is 0 Å². The second-order valence-corrected chi connectivity index (χ2v) is 9.98. The number of hydrogen-bond donors (Lipinski definition) is 0. The predicted molar refractivity (Wildman–Crippen MR) is 115 cm³/mol. The Hall–Kier alpha value is -2.46. The van der Waals surface area contributed by atoms with Crippen molar-refractivity contribution in [2.45, 2.75) is 57.2 Å². The lowest BCUT2D eigenvalue weighted by atomic mass is 9.61. The molecule has 2 aromatic rings. The van der Waals surface area contributed by atoms with E-state index in [1.165, 1.54) is 0 Å². The minimum atomic E-state index is -0.565. The fourth-order valence-electron chi connectivity index (χ4n) is 6.46. The lowest BCUT2D eigenvalue weighted by Crippen LogP contribution is -2.51. The molecule has 3 fully saturated rings. The second-order valence-electron chi connectivity index (χ2n) is 9.98. The molecule has 0 N–H and O–H groups in total. The molecule has 5 rings (SSSR count). The molecule has 4 heteroatoms. The van der Waals surface area contributed by atoms with Crippen LogP contribution in [0.15, 0.2) is 60.7 Å². The summed E-state index contributed by atoms with van der Waals surface area (Å²) in [6, 6.07) is 19.5. The summed E-state index contributed by atoms with van der Waals surface area (Å²) < 4.78 is 5.87. The van der Waals surface area contributed by atoms with E-state index in [1.807, 2.05) is 69.3 Å².